The van der Waals surface area contributed by atoms with Gasteiger partial charge >= 0.3 is 6.09 Å². The number of hydrogen-bond donors (Lipinski definition) is 3. The summed E-state index contributed by atoms with van der Waals surface area (Å²) in [6, 6.07) is 11.5. The highest BCUT2D eigenvalue weighted by Gasteiger charge is 2.16. The van der Waals surface area contributed by atoms with Gasteiger partial charge in [0.05, 0.1) is 13.7 Å². The number of aliphatic imine (C=N–C) groups is 1. The third-order valence-electron chi connectivity index (χ3n) is 4.08. The smallest absolute Gasteiger partial charge is 0.412 e. The molecule has 3 N–H and O–H groups in total. The van der Waals surface area contributed by atoms with Crippen molar-refractivity contribution < 1.29 is 14.3 Å². The first-order valence-corrected chi connectivity index (χ1v) is 10.4. The zero-order valence-corrected chi connectivity index (χ0v) is 19.0. The number of nitrogens with one attached hydrogen (secondary N) is 3. The number of amides is 1. The molecule has 0 aliphatic rings. The van der Waals surface area contributed by atoms with Crippen LogP contribution in [-0.4, -0.2) is 42.8 Å². The van der Waals surface area contributed by atoms with Gasteiger partial charge in [0.1, 0.15) is 5.60 Å². The number of aromatic nitrogens is 1. The maximum Gasteiger partial charge on any atom is 0.412 e. The Labute approximate surface area is 184 Å². The van der Waals surface area contributed by atoms with E-state index in [2.05, 4.69) is 25.9 Å². The van der Waals surface area contributed by atoms with Crippen molar-refractivity contribution in [3.8, 4) is 5.88 Å². The van der Waals surface area contributed by atoms with Crippen molar-refractivity contribution in [1.29, 1.82) is 0 Å². The van der Waals surface area contributed by atoms with Gasteiger partial charge in [0, 0.05) is 31.0 Å². The Balaban J connectivity index is 1.84. The first-order chi connectivity index (χ1) is 14.8. The number of carbonyl (C=O) groups is 1. The van der Waals surface area contributed by atoms with Gasteiger partial charge in [-0.3, -0.25) is 5.32 Å². The summed E-state index contributed by atoms with van der Waals surface area (Å²) in [5.74, 6) is 1.33. The van der Waals surface area contributed by atoms with Gasteiger partial charge in [-0.15, -0.1) is 0 Å². The van der Waals surface area contributed by atoms with Gasteiger partial charge in [0.15, 0.2) is 5.96 Å². The van der Waals surface area contributed by atoms with Crippen molar-refractivity contribution in [3.05, 3.63) is 53.7 Å². The first kappa shape index (κ1) is 24.0. The summed E-state index contributed by atoms with van der Waals surface area (Å²) in [4.78, 5) is 20.6. The van der Waals surface area contributed by atoms with Gasteiger partial charge in [0.25, 0.3) is 0 Å². The van der Waals surface area contributed by atoms with Gasteiger partial charge < -0.3 is 20.1 Å². The number of guanidine groups is 1. The molecule has 0 spiro atoms. The number of methoxy groups -OCH3 is 1. The van der Waals surface area contributed by atoms with Gasteiger partial charge in [-0.05, 0) is 63.4 Å². The highest BCUT2D eigenvalue weighted by atomic mass is 16.6. The molecule has 0 fully saturated rings. The molecule has 1 heterocycles. The molecular formula is C23H33N5O3. The summed E-state index contributed by atoms with van der Waals surface area (Å²) >= 11 is 0. The second kappa shape index (κ2) is 11.8. The van der Waals surface area contributed by atoms with Crippen molar-refractivity contribution in [1.82, 2.24) is 15.6 Å². The molecule has 1 aromatic heterocycles. The molecule has 0 radical (unpaired) electrons. The quantitative estimate of drug-likeness (QED) is 0.439. The molecule has 0 aliphatic heterocycles. The van der Waals surface area contributed by atoms with Crippen LogP contribution in [0.5, 0.6) is 5.88 Å². The second-order valence-electron chi connectivity index (χ2n) is 7.90. The summed E-state index contributed by atoms with van der Waals surface area (Å²) in [6.45, 7) is 9.56. The normalized spacial score (nSPS) is 11.6. The molecule has 0 unspecified atom stereocenters. The van der Waals surface area contributed by atoms with E-state index in [-0.39, 0.29) is 0 Å². The van der Waals surface area contributed by atoms with Crippen LogP contribution in [0.2, 0.25) is 0 Å². The van der Waals surface area contributed by atoms with Crippen molar-refractivity contribution in [3.63, 3.8) is 0 Å². The fourth-order valence-electron chi connectivity index (χ4n) is 2.67. The van der Waals surface area contributed by atoms with E-state index >= 15 is 0 Å². The Morgan fingerprint density at radius 3 is 2.48 bits per heavy atom. The molecule has 1 aromatic carbocycles. The van der Waals surface area contributed by atoms with Crippen LogP contribution in [0, 0.1) is 0 Å². The fraction of sp³-hybridized carbons (Fsp3) is 0.435. The van der Waals surface area contributed by atoms with Gasteiger partial charge in [0.2, 0.25) is 5.88 Å². The minimum atomic E-state index is -0.523. The highest BCUT2D eigenvalue weighted by Crippen LogP contribution is 2.13. The predicted octanol–water partition coefficient (Wildman–Crippen LogP) is 3.74. The van der Waals surface area contributed by atoms with E-state index in [1.807, 2.05) is 64.1 Å². The number of ether oxygens (including phenoxy) is 2. The van der Waals surface area contributed by atoms with Crippen LogP contribution in [0.4, 0.5) is 10.5 Å². The van der Waals surface area contributed by atoms with Gasteiger partial charge in [-0.25, -0.2) is 14.8 Å². The number of carbonyl (C=O) groups excluding carboxylic acids is 1. The summed E-state index contributed by atoms with van der Waals surface area (Å²) in [7, 11) is 1.60. The Hall–Kier alpha value is -3.29. The van der Waals surface area contributed by atoms with Crippen molar-refractivity contribution in [2.75, 3.05) is 25.5 Å². The van der Waals surface area contributed by atoms with Crippen molar-refractivity contribution in [2.24, 2.45) is 4.99 Å². The summed E-state index contributed by atoms with van der Waals surface area (Å²) in [5.41, 5.74) is 2.35. The Morgan fingerprint density at radius 1 is 1.10 bits per heavy atom. The van der Waals surface area contributed by atoms with Gasteiger partial charge in [-0.2, -0.15) is 0 Å². The standard InChI is InChI=1S/C23H33N5O3/c1-6-24-21(27-16-18-12-13-25-20(15-18)30-5)26-14-11-17-7-9-19(10-8-17)28-22(29)31-23(2,3)4/h7-10,12-13,15H,6,11,14,16H2,1-5H3,(H,28,29)(H2,24,26,27). The monoisotopic (exact) mass is 427 g/mol. The lowest BCUT2D eigenvalue weighted by Crippen LogP contribution is -2.38. The summed E-state index contributed by atoms with van der Waals surface area (Å²) < 4.78 is 10.4. The van der Waals surface area contributed by atoms with Crippen LogP contribution in [0.25, 0.3) is 0 Å². The van der Waals surface area contributed by atoms with Crippen molar-refractivity contribution in [2.45, 2.75) is 46.3 Å². The minimum Gasteiger partial charge on any atom is -0.481 e. The summed E-state index contributed by atoms with van der Waals surface area (Å²) in [6.07, 6.45) is 2.08. The van der Waals surface area contributed by atoms with E-state index in [4.69, 9.17) is 9.47 Å². The molecule has 0 saturated carbocycles. The molecule has 0 atom stereocenters. The van der Waals surface area contributed by atoms with Crippen molar-refractivity contribution >= 4 is 17.7 Å². The van der Waals surface area contributed by atoms with E-state index in [0.717, 1.165) is 36.6 Å². The second-order valence-corrected chi connectivity index (χ2v) is 7.90. The molecule has 31 heavy (non-hydrogen) atoms. The molecule has 2 aromatic rings. The number of hydrogen-bond acceptors (Lipinski definition) is 5. The number of pyridine rings is 1. The number of anilines is 1. The fourth-order valence-corrected chi connectivity index (χ4v) is 2.67. The lowest BCUT2D eigenvalue weighted by Gasteiger charge is -2.19. The number of rotatable bonds is 8. The lowest BCUT2D eigenvalue weighted by molar-refractivity contribution is 0.0636. The number of benzene rings is 1. The van der Waals surface area contributed by atoms with Crippen LogP contribution >= 0.6 is 0 Å². The van der Waals surface area contributed by atoms with E-state index in [0.29, 0.717) is 18.1 Å². The van der Waals surface area contributed by atoms with E-state index in [1.165, 1.54) is 0 Å². The largest absolute Gasteiger partial charge is 0.481 e. The van der Waals surface area contributed by atoms with Crippen LogP contribution in [-0.2, 0) is 17.7 Å². The van der Waals surface area contributed by atoms with Gasteiger partial charge in [-0.1, -0.05) is 12.1 Å². The zero-order valence-electron chi connectivity index (χ0n) is 19.0. The molecule has 0 bridgehead atoms. The number of nitrogens with zero attached hydrogens (tertiary/aromatic N) is 2. The molecule has 168 valence electrons. The summed E-state index contributed by atoms with van der Waals surface area (Å²) in [5, 5.41) is 9.33. The Bertz CT molecular complexity index is 860. The average Bonchev–Trinajstić information content (AvgIpc) is 2.72. The molecule has 8 nitrogen and oxygen atoms in total. The van der Waals surface area contributed by atoms with Crippen LogP contribution in [0.3, 0.4) is 0 Å². The van der Waals surface area contributed by atoms with Crippen LogP contribution in [0.15, 0.2) is 47.6 Å². The topological polar surface area (TPSA) is 96.9 Å². The first-order valence-electron chi connectivity index (χ1n) is 10.4. The van der Waals surface area contributed by atoms with Crippen LogP contribution in [0.1, 0.15) is 38.8 Å². The minimum absolute atomic E-state index is 0.458. The zero-order chi connectivity index (χ0) is 22.7. The third-order valence-corrected chi connectivity index (χ3v) is 4.08. The van der Waals surface area contributed by atoms with E-state index in [1.54, 1.807) is 13.3 Å². The SMILES string of the molecule is CCNC(=NCc1ccnc(OC)c1)NCCc1ccc(NC(=O)OC(C)(C)C)cc1. The molecular weight excluding hydrogens is 394 g/mol. The predicted molar refractivity (Wildman–Crippen MR) is 124 cm³/mol. The van der Waals surface area contributed by atoms with Crippen LogP contribution < -0.4 is 20.7 Å². The molecule has 2 rings (SSSR count). The third kappa shape index (κ3) is 9.37. The highest BCUT2D eigenvalue weighted by molar-refractivity contribution is 5.84. The van der Waals surface area contributed by atoms with E-state index < -0.39 is 11.7 Å². The Kier molecular flexibility index (Phi) is 9.12. The maximum atomic E-state index is 11.8. The molecule has 0 saturated heterocycles. The van der Waals surface area contributed by atoms with E-state index in [9.17, 15) is 4.79 Å². The molecule has 0 aliphatic carbocycles. The Morgan fingerprint density at radius 2 is 1.84 bits per heavy atom. The maximum absolute atomic E-state index is 11.8. The lowest BCUT2D eigenvalue weighted by atomic mass is 10.1. The molecule has 8 heteroatoms. The average molecular weight is 428 g/mol. The molecule has 1 amide bonds.